The standard InChI is InChI=1S/C12H16FN3O/c1-12(2-3-12)15-7-8-4-9(11(14)16-17)6-10(13)5-8/h4-6,15,17H,2-3,7H2,1H3,(H2,14,16). The third-order valence-corrected chi connectivity index (χ3v) is 3.08. The molecule has 0 bridgehead atoms. The van der Waals surface area contributed by atoms with Gasteiger partial charge in [0.2, 0.25) is 0 Å². The zero-order valence-corrected chi connectivity index (χ0v) is 9.70. The van der Waals surface area contributed by atoms with Crippen LogP contribution in [0.25, 0.3) is 0 Å². The van der Waals surface area contributed by atoms with E-state index in [4.69, 9.17) is 10.9 Å². The molecule has 5 heteroatoms. The molecule has 0 aromatic heterocycles. The predicted molar refractivity (Wildman–Crippen MR) is 63.4 cm³/mol. The maximum absolute atomic E-state index is 13.3. The van der Waals surface area contributed by atoms with E-state index in [2.05, 4.69) is 17.4 Å². The highest BCUT2D eigenvalue weighted by atomic mass is 19.1. The summed E-state index contributed by atoms with van der Waals surface area (Å²) in [6.45, 7) is 2.72. The zero-order valence-electron chi connectivity index (χ0n) is 9.70. The van der Waals surface area contributed by atoms with Gasteiger partial charge >= 0.3 is 0 Å². The molecule has 0 amide bonds. The third kappa shape index (κ3) is 2.94. The maximum atomic E-state index is 13.3. The lowest BCUT2D eigenvalue weighted by molar-refractivity contribution is 0.318. The topological polar surface area (TPSA) is 70.6 Å². The molecule has 0 unspecified atom stereocenters. The Bertz CT molecular complexity index is 455. The molecule has 1 aromatic rings. The minimum Gasteiger partial charge on any atom is -0.409 e. The van der Waals surface area contributed by atoms with E-state index < -0.39 is 0 Å². The summed E-state index contributed by atoms with van der Waals surface area (Å²) < 4.78 is 13.3. The Labute approximate surface area is 99.3 Å². The quantitative estimate of drug-likeness (QED) is 0.322. The number of amidine groups is 1. The SMILES string of the molecule is CC1(NCc2cc(F)cc(/C(N)=N/O)c2)CC1. The summed E-state index contributed by atoms with van der Waals surface area (Å²) >= 11 is 0. The van der Waals surface area contributed by atoms with Gasteiger partial charge in [-0.05, 0) is 43.5 Å². The summed E-state index contributed by atoms with van der Waals surface area (Å²) in [6.07, 6.45) is 2.30. The minimum absolute atomic E-state index is 0.0802. The molecule has 1 saturated carbocycles. The molecule has 1 aliphatic rings. The van der Waals surface area contributed by atoms with Crippen LogP contribution in [0.15, 0.2) is 23.4 Å². The van der Waals surface area contributed by atoms with Gasteiger partial charge in [-0.2, -0.15) is 0 Å². The van der Waals surface area contributed by atoms with Gasteiger partial charge in [-0.1, -0.05) is 5.16 Å². The molecule has 2 rings (SSSR count). The maximum Gasteiger partial charge on any atom is 0.170 e. The number of nitrogens with two attached hydrogens (primary N) is 1. The van der Waals surface area contributed by atoms with Crippen molar-refractivity contribution in [3.63, 3.8) is 0 Å². The fourth-order valence-electron chi connectivity index (χ4n) is 1.64. The van der Waals surface area contributed by atoms with Crippen LogP contribution in [0, 0.1) is 5.82 Å². The van der Waals surface area contributed by atoms with Crippen LogP contribution in [-0.2, 0) is 6.54 Å². The Hall–Kier alpha value is -1.62. The average Bonchev–Trinajstić information content (AvgIpc) is 3.04. The fraction of sp³-hybridized carbons (Fsp3) is 0.417. The van der Waals surface area contributed by atoms with Gasteiger partial charge in [0.15, 0.2) is 5.84 Å². The first-order chi connectivity index (χ1) is 8.02. The molecule has 0 radical (unpaired) electrons. The van der Waals surface area contributed by atoms with Crippen molar-refractivity contribution < 1.29 is 9.60 Å². The Balaban J connectivity index is 2.13. The Morgan fingerprint density at radius 3 is 2.82 bits per heavy atom. The van der Waals surface area contributed by atoms with Crippen molar-refractivity contribution in [1.82, 2.24) is 5.32 Å². The molecule has 1 fully saturated rings. The Morgan fingerprint density at radius 2 is 2.24 bits per heavy atom. The molecular weight excluding hydrogens is 221 g/mol. The largest absolute Gasteiger partial charge is 0.409 e. The molecule has 4 nitrogen and oxygen atoms in total. The van der Waals surface area contributed by atoms with E-state index in [1.807, 2.05) is 0 Å². The summed E-state index contributed by atoms with van der Waals surface area (Å²) in [5, 5.41) is 14.8. The molecule has 0 spiro atoms. The summed E-state index contributed by atoms with van der Waals surface area (Å²) in [4.78, 5) is 0. The average molecular weight is 237 g/mol. The molecule has 4 N–H and O–H groups in total. The second kappa shape index (κ2) is 4.33. The number of nitrogens with one attached hydrogen (secondary N) is 1. The summed E-state index contributed by atoms with van der Waals surface area (Å²) in [5.74, 6) is -0.463. The second-order valence-corrected chi connectivity index (χ2v) is 4.75. The van der Waals surface area contributed by atoms with Gasteiger partial charge in [0.1, 0.15) is 5.82 Å². The van der Waals surface area contributed by atoms with Gasteiger partial charge in [0, 0.05) is 17.6 Å². The van der Waals surface area contributed by atoms with E-state index in [-0.39, 0.29) is 17.2 Å². The second-order valence-electron chi connectivity index (χ2n) is 4.75. The Kier molecular flexibility index (Phi) is 3.02. The zero-order chi connectivity index (χ0) is 12.5. The smallest absolute Gasteiger partial charge is 0.170 e. The molecule has 0 heterocycles. The van der Waals surface area contributed by atoms with Crippen molar-refractivity contribution in [2.75, 3.05) is 0 Å². The van der Waals surface area contributed by atoms with Crippen LogP contribution in [0.2, 0.25) is 0 Å². The number of rotatable bonds is 4. The van der Waals surface area contributed by atoms with E-state index in [1.54, 1.807) is 6.07 Å². The number of halogens is 1. The molecular formula is C12H16FN3O. The first-order valence-electron chi connectivity index (χ1n) is 5.55. The lowest BCUT2D eigenvalue weighted by Gasteiger charge is -2.12. The van der Waals surface area contributed by atoms with Crippen molar-refractivity contribution in [3.05, 3.63) is 35.1 Å². The van der Waals surface area contributed by atoms with E-state index in [1.165, 1.54) is 12.1 Å². The molecule has 1 aromatic carbocycles. The van der Waals surface area contributed by atoms with Crippen molar-refractivity contribution in [1.29, 1.82) is 0 Å². The molecule has 17 heavy (non-hydrogen) atoms. The van der Waals surface area contributed by atoms with Crippen LogP contribution in [-0.4, -0.2) is 16.6 Å². The molecule has 1 aliphatic carbocycles. The predicted octanol–water partition coefficient (Wildman–Crippen LogP) is 1.56. The number of nitrogens with zero attached hydrogens (tertiary/aromatic N) is 1. The van der Waals surface area contributed by atoms with Gasteiger partial charge in [-0.3, -0.25) is 0 Å². The van der Waals surface area contributed by atoms with Crippen LogP contribution < -0.4 is 11.1 Å². The van der Waals surface area contributed by atoms with Crippen molar-refractivity contribution in [3.8, 4) is 0 Å². The summed E-state index contributed by atoms with van der Waals surface area (Å²) in [6, 6.07) is 4.42. The monoisotopic (exact) mass is 237 g/mol. The first kappa shape index (κ1) is 11.9. The number of benzene rings is 1. The highest BCUT2D eigenvalue weighted by Crippen LogP contribution is 2.34. The molecule has 0 aliphatic heterocycles. The van der Waals surface area contributed by atoms with Crippen LogP contribution in [0.3, 0.4) is 0 Å². The van der Waals surface area contributed by atoms with Gasteiger partial charge < -0.3 is 16.3 Å². The van der Waals surface area contributed by atoms with Gasteiger partial charge in [0.05, 0.1) is 0 Å². The van der Waals surface area contributed by atoms with Crippen LogP contribution in [0.4, 0.5) is 4.39 Å². The molecule has 92 valence electrons. The van der Waals surface area contributed by atoms with E-state index in [0.717, 1.165) is 18.4 Å². The third-order valence-electron chi connectivity index (χ3n) is 3.08. The van der Waals surface area contributed by atoms with Crippen molar-refractivity contribution in [2.45, 2.75) is 31.8 Å². The van der Waals surface area contributed by atoms with Gasteiger partial charge in [-0.25, -0.2) is 4.39 Å². The van der Waals surface area contributed by atoms with E-state index in [9.17, 15) is 4.39 Å². The summed E-state index contributed by atoms with van der Waals surface area (Å²) in [7, 11) is 0. The fourth-order valence-corrected chi connectivity index (χ4v) is 1.64. The lowest BCUT2D eigenvalue weighted by Crippen LogP contribution is -2.27. The van der Waals surface area contributed by atoms with Crippen LogP contribution >= 0.6 is 0 Å². The highest BCUT2D eigenvalue weighted by molar-refractivity contribution is 5.97. The number of oxime groups is 1. The summed E-state index contributed by atoms with van der Waals surface area (Å²) in [5.41, 5.74) is 6.82. The van der Waals surface area contributed by atoms with Crippen molar-refractivity contribution >= 4 is 5.84 Å². The van der Waals surface area contributed by atoms with Gasteiger partial charge in [-0.15, -0.1) is 0 Å². The lowest BCUT2D eigenvalue weighted by atomic mass is 10.1. The van der Waals surface area contributed by atoms with Crippen LogP contribution in [0.5, 0.6) is 0 Å². The van der Waals surface area contributed by atoms with Crippen molar-refractivity contribution in [2.24, 2.45) is 10.9 Å². The number of hydrogen-bond donors (Lipinski definition) is 3. The highest BCUT2D eigenvalue weighted by Gasteiger charge is 2.36. The van der Waals surface area contributed by atoms with E-state index in [0.29, 0.717) is 12.1 Å². The normalized spacial score (nSPS) is 18.1. The van der Waals surface area contributed by atoms with Gasteiger partial charge in [0.25, 0.3) is 0 Å². The Morgan fingerprint density at radius 1 is 1.53 bits per heavy atom. The first-order valence-corrected chi connectivity index (χ1v) is 5.55. The number of hydrogen-bond acceptors (Lipinski definition) is 3. The molecule has 0 saturated heterocycles. The molecule has 0 atom stereocenters. The van der Waals surface area contributed by atoms with Crippen LogP contribution in [0.1, 0.15) is 30.9 Å². The van der Waals surface area contributed by atoms with E-state index >= 15 is 0 Å². The minimum atomic E-state index is -0.383.